The van der Waals surface area contributed by atoms with Crippen LogP contribution in [0.2, 0.25) is 0 Å². The Morgan fingerprint density at radius 2 is 1.70 bits per heavy atom. The van der Waals surface area contributed by atoms with Gasteiger partial charge in [0.2, 0.25) is 5.91 Å². The van der Waals surface area contributed by atoms with Crippen molar-refractivity contribution in [3.63, 3.8) is 0 Å². The van der Waals surface area contributed by atoms with Crippen LogP contribution in [0.5, 0.6) is 0 Å². The molecular formula is C20H22N4O3. The number of aromatic amines is 1. The van der Waals surface area contributed by atoms with Gasteiger partial charge in [0.05, 0.1) is 10.9 Å². The summed E-state index contributed by atoms with van der Waals surface area (Å²) in [6.07, 6.45) is 0. The zero-order valence-electron chi connectivity index (χ0n) is 15.4. The number of benzene rings is 2. The van der Waals surface area contributed by atoms with Crippen molar-refractivity contribution in [1.82, 2.24) is 9.55 Å². The fourth-order valence-electron chi connectivity index (χ4n) is 3.09. The van der Waals surface area contributed by atoms with E-state index in [1.54, 1.807) is 24.3 Å². The molecule has 3 rings (SSSR count). The van der Waals surface area contributed by atoms with Crippen molar-refractivity contribution in [3.05, 3.63) is 69.4 Å². The van der Waals surface area contributed by atoms with E-state index < -0.39 is 11.2 Å². The maximum atomic E-state index is 12.4. The number of hydrogen-bond acceptors (Lipinski definition) is 4. The molecule has 2 N–H and O–H groups in total. The predicted molar refractivity (Wildman–Crippen MR) is 107 cm³/mol. The lowest BCUT2D eigenvalue weighted by Crippen LogP contribution is -2.34. The minimum absolute atomic E-state index is 0.187. The van der Waals surface area contributed by atoms with E-state index in [1.165, 1.54) is 4.57 Å². The summed E-state index contributed by atoms with van der Waals surface area (Å²) in [5.74, 6) is -0.343. The van der Waals surface area contributed by atoms with Crippen molar-refractivity contribution in [2.75, 3.05) is 23.3 Å². The van der Waals surface area contributed by atoms with E-state index in [1.807, 2.05) is 24.3 Å². The molecule has 0 saturated carbocycles. The van der Waals surface area contributed by atoms with Crippen LogP contribution in [0.4, 0.5) is 11.4 Å². The van der Waals surface area contributed by atoms with E-state index >= 15 is 0 Å². The quantitative estimate of drug-likeness (QED) is 0.700. The van der Waals surface area contributed by atoms with Gasteiger partial charge in [-0.3, -0.25) is 19.1 Å². The van der Waals surface area contributed by atoms with Gasteiger partial charge in [0.1, 0.15) is 6.54 Å². The van der Waals surface area contributed by atoms with Gasteiger partial charge in [-0.15, -0.1) is 0 Å². The van der Waals surface area contributed by atoms with Crippen LogP contribution >= 0.6 is 0 Å². The Balaban J connectivity index is 1.80. The molecule has 0 fully saturated rings. The van der Waals surface area contributed by atoms with Gasteiger partial charge in [-0.1, -0.05) is 12.1 Å². The smallest absolute Gasteiger partial charge is 0.329 e. The molecule has 3 aromatic rings. The molecule has 140 valence electrons. The standard InChI is InChI=1S/C20H22N4O3/c1-3-23(4-2)15-11-9-14(10-12-15)21-18(25)13-24-17-8-6-5-7-16(17)19(26)22-20(24)27/h5-12H,3-4,13H2,1-2H3,(H,21,25)(H,22,26,27). The topological polar surface area (TPSA) is 87.2 Å². The molecule has 1 amide bonds. The Kier molecular flexibility index (Phi) is 5.40. The third-order valence-corrected chi connectivity index (χ3v) is 4.49. The molecule has 1 aromatic heterocycles. The Labute approximate surface area is 156 Å². The minimum atomic E-state index is -0.606. The van der Waals surface area contributed by atoms with Crippen LogP contribution in [0, 0.1) is 0 Å². The summed E-state index contributed by atoms with van der Waals surface area (Å²) >= 11 is 0. The Bertz CT molecular complexity index is 1060. The molecule has 27 heavy (non-hydrogen) atoms. The van der Waals surface area contributed by atoms with Crippen molar-refractivity contribution in [1.29, 1.82) is 0 Å². The molecule has 0 aliphatic rings. The summed E-state index contributed by atoms with van der Waals surface area (Å²) < 4.78 is 1.26. The van der Waals surface area contributed by atoms with Gasteiger partial charge in [-0.25, -0.2) is 4.79 Å². The van der Waals surface area contributed by atoms with Gasteiger partial charge in [-0.2, -0.15) is 0 Å². The number of carbonyl (C=O) groups excluding carboxylic acids is 1. The number of aromatic nitrogens is 2. The fraction of sp³-hybridized carbons (Fsp3) is 0.250. The summed E-state index contributed by atoms with van der Waals surface area (Å²) in [6.45, 7) is 5.81. The summed E-state index contributed by atoms with van der Waals surface area (Å²) in [7, 11) is 0. The number of fused-ring (bicyclic) bond motifs is 1. The highest BCUT2D eigenvalue weighted by Crippen LogP contribution is 2.17. The van der Waals surface area contributed by atoms with Crippen molar-refractivity contribution < 1.29 is 4.79 Å². The summed E-state index contributed by atoms with van der Waals surface area (Å²) in [5.41, 5.74) is 1.10. The monoisotopic (exact) mass is 366 g/mol. The molecule has 1 heterocycles. The van der Waals surface area contributed by atoms with E-state index in [0.29, 0.717) is 16.6 Å². The number of H-pyrrole nitrogens is 1. The van der Waals surface area contributed by atoms with Crippen LogP contribution in [0.15, 0.2) is 58.1 Å². The van der Waals surface area contributed by atoms with E-state index in [9.17, 15) is 14.4 Å². The number of carbonyl (C=O) groups is 1. The minimum Gasteiger partial charge on any atom is -0.372 e. The lowest BCUT2D eigenvalue weighted by Gasteiger charge is -2.21. The number of nitrogens with zero attached hydrogens (tertiary/aromatic N) is 2. The molecule has 0 bridgehead atoms. The molecule has 0 atom stereocenters. The van der Waals surface area contributed by atoms with Crippen LogP contribution in [0.3, 0.4) is 0 Å². The maximum absolute atomic E-state index is 12.4. The first-order valence-corrected chi connectivity index (χ1v) is 8.90. The average Bonchev–Trinajstić information content (AvgIpc) is 2.67. The third kappa shape index (κ3) is 3.92. The van der Waals surface area contributed by atoms with E-state index in [4.69, 9.17) is 0 Å². The van der Waals surface area contributed by atoms with Crippen LogP contribution in [0.1, 0.15) is 13.8 Å². The largest absolute Gasteiger partial charge is 0.372 e. The molecule has 0 aliphatic carbocycles. The van der Waals surface area contributed by atoms with Crippen LogP contribution in [-0.2, 0) is 11.3 Å². The third-order valence-electron chi connectivity index (χ3n) is 4.49. The Morgan fingerprint density at radius 1 is 1.04 bits per heavy atom. The zero-order valence-corrected chi connectivity index (χ0v) is 15.4. The predicted octanol–water partition coefficient (Wildman–Crippen LogP) is 2.17. The maximum Gasteiger partial charge on any atom is 0.329 e. The van der Waals surface area contributed by atoms with Gasteiger partial charge >= 0.3 is 5.69 Å². The molecule has 0 spiro atoms. The number of para-hydroxylation sites is 1. The highest BCUT2D eigenvalue weighted by atomic mass is 16.2. The highest BCUT2D eigenvalue weighted by molar-refractivity contribution is 5.91. The first-order valence-electron chi connectivity index (χ1n) is 8.90. The van der Waals surface area contributed by atoms with E-state index in [-0.39, 0.29) is 12.5 Å². The lowest BCUT2D eigenvalue weighted by molar-refractivity contribution is -0.116. The number of nitrogens with one attached hydrogen (secondary N) is 2. The summed E-state index contributed by atoms with van der Waals surface area (Å²) in [6, 6.07) is 14.3. The molecular weight excluding hydrogens is 344 g/mol. The average molecular weight is 366 g/mol. The van der Waals surface area contributed by atoms with Crippen LogP contribution in [0.25, 0.3) is 10.9 Å². The first kappa shape index (κ1) is 18.4. The zero-order chi connectivity index (χ0) is 19.4. The second-order valence-electron chi connectivity index (χ2n) is 6.13. The molecule has 0 radical (unpaired) electrons. The highest BCUT2D eigenvalue weighted by Gasteiger charge is 2.11. The van der Waals surface area contributed by atoms with Gasteiger partial charge in [-0.05, 0) is 50.2 Å². The normalized spacial score (nSPS) is 10.7. The Morgan fingerprint density at radius 3 is 2.37 bits per heavy atom. The molecule has 0 unspecified atom stereocenters. The molecule has 7 heteroatoms. The molecule has 0 aliphatic heterocycles. The fourth-order valence-corrected chi connectivity index (χ4v) is 3.09. The van der Waals surface area contributed by atoms with Gasteiger partial charge in [0.15, 0.2) is 0 Å². The number of rotatable bonds is 6. The van der Waals surface area contributed by atoms with E-state index in [2.05, 4.69) is 29.0 Å². The second kappa shape index (κ2) is 7.90. The number of anilines is 2. The molecule has 7 nitrogen and oxygen atoms in total. The Hall–Kier alpha value is -3.35. The van der Waals surface area contributed by atoms with Crippen molar-refractivity contribution in [2.24, 2.45) is 0 Å². The van der Waals surface area contributed by atoms with Crippen LogP contribution in [-0.4, -0.2) is 28.5 Å². The lowest BCUT2D eigenvalue weighted by atomic mass is 10.2. The molecule has 0 saturated heterocycles. The summed E-state index contributed by atoms with van der Waals surface area (Å²) in [5, 5.41) is 3.16. The van der Waals surface area contributed by atoms with Crippen molar-refractivity contribution >= 4 is 28.2 Å². The number of amides is 1. The summed E-state index contributed by atoms with van der Waals surface area (Å²) in [4.78, 5) is 40.9. The van der Waals surface area contributed by atoms with Gasteiger partial charge in [0.25, 0.3) is 5.56 Å². The number of hydrogen-bond donors (Lipinski definition) is 2. The second-order valence-corrected chi connectivity index (χ2v) is 6.13. The van der Waals surface area contributed by atoms with Crippen molar-refractivity contribution in [2.45, 2.75) is 20.4 Å². The van der Waals surface area contributed by atoms with Crippen LogP contribution < -0.4 is 21.5 Å². The molecule has 2 aromatic carbocycles. The van der Waals surface area contributed by atoms with Crippen molar-refractivity contribution in [3.8, 4) is 0 Å². The van der Waals surface area contributed by atoms with E-state index in [0.717, 1.165) is 18.8 Å². The van der Waals surface area contributed by atoms with Gasteiger partial charge in [0, 0.05) is 24.5 Å². The van der Waals surface area contributed by atoms with Gasteiger partial charge < -0.3 is 10.2 Å². The first-order chi connectivity index (χ1) is 13.0. The SMILES string of the molecule is CCN(CC)c1ccc(NC(=O)Cn2c(=O)[nH]c(=O)c3ccccc32)cc1.